The van der Waals surface area contributed by atoms with Gasteiger partial charge in [0.05, 0.1) is 11.3 Å². The molecule has 1 aromatic rings. The van der Waals surface area contributed by atoms with Gasteiger partial charge in [-0.15, -0.1) is 0 Å². The van der Waals surface area contributed by atoms with E-state index in [2.05, 4.69) is 34.8 Å². The number of carbonyl (C=O) groups is 2. The van der Waals surface area contributed by atoms with Crippen LogP contribution >= 0.6 is 0 Å². The highest BCUT2D eigenvalue weighted by Gasteiger charge is 2.24. The molecule has 0 atom stereocenters. The maximum Gasteiger partial charge on any atom is 0.320 e. The topological polar surface area (TPSA) is 86.4 Å². The van der Waals surface area contributed by atoms with Gasteiger partial charge in [-0.2, -0.15) is 0 Å². The normalized spacial score (nSPS) is 14.5. The molecule has 0 aromatic carbocycles. The first-order valence-electron chi connectivity index (χ1n) is 10.4. The highest BCUT2D eigenvalue weighted by atomic mass is 16.2. The number of carbonyl (C=O) groups excluding carboxylic acids is 2. The number of aryl methyl sites for hydroxylation is 1. The summed E-state index contributed by atoms with van der Waals surface area (Å²) in [5, 5.41) is 9.04. The molecule has 3 N–H and O–H groups in total. The van der Waals surface area contributed by atoms with Crippen molar-refractivity contribution in [2.45, 2.75) is 53.4 Å². The second kappa shape index (κ2) is 10.4. The van der Waals surface area contributed by atoms with Crippen LogP contribution in [0.1, 0.15) is 68.6 Å². The lowest BCUT2D eigenvalue weighted by molar-refractivity contribution is 0.0734. The minimum Gasteiger partial charge on any atom is -0.338 e. The SMILES string of the molecule is CCc1nc(NC(=O)NCCC(C)C)c(C(C)C)cc1C(=O)N1CCNCC1. The van der Waals surface area contributed by atoms with E-state index >= 15 is 0 Å². The van der Waals surface area contributed by atoms with Crippen molar-refractivity contribution in [1.82, 2.24) is 20.5 Å². The number of rotatable bonds is 7. The second-order valence-corrected chi connectivity index (χ2v) is 8.03. The Kier molecular flexibility index (Phi) is 8.23. The van der Waals surface area contributed by atoms with Gasteiger partial charge >= 0.3 is 6.03 Å². The Labute approximate surface area is 168 Å². The third-order valence-electron chi connectivity index (χ3n) is 4.96. The fourth-order valence-electron chi connectivity index (χ4n) is 3.23. The van der Waals surface area contributed by atoms with E-state index in [-0.39, 0.29) is 17.9 Å². The summed E-state index contributed by atoms with van der Waals surface area (Å²) in [7, 11) is 0. The fourth-order valence-corrected chi connectivity index (χ4v) is 3.23. The summed E-state index contributed by atoms with van der Waals surface area (Å²) in [6.45, 7) is 14.0. The predicted octanol–water partition coefficient (Wildman–Crippen LogP) is 2.98. The summed E-state index contributed by atoms with van der Waals surface area (Å²) < 4.78 is 0. The molecule has 7 heteroatoms. The van der Waals surface area contributed by atoms with Gasteiger partial charge in [0.15, 0.2) is 0 Å². The summed E-state index contributed by atoms with van der Waals surface area (Å²) in [5.41, 5.74) is 2.26. The predicted molar refractivity (Wildman–Crippen MR) is 113 cm³/mol. The number of nitrogens with zero attached hydrogens (tertiary/aromatic N) is 2. The van der Waals surface area contributed by atoms with E-state index in [9.17, 15) is 9.59 Å². The molecule has 1 saturated heterocycles. The molecule has 0 radical (unpaired) electrons. The van der Waals surface area contributed by atoms with Crippen molar-refractivity contribution >= 4 is 17.8 Å². The molecule has 28 heavy (non-hydrogen) atoms. The van der Waals surface area contributed by atoms with E-state index in [0.717, 1.165) is 30.8 Å². The van der Waals surface area contributed by atoms with Gasteiger partial charge < -0.3 is 15.5 Å². The van der Waals surface area contributed by atoms with Gasteiger partial charge in [-0.25, -0.2) is 9.78 Å². The van der Waals surface area contributed by atoms with Gasteiger partial charge in [0, 0.05) is 32.7 Å². The molecule has 1 aliphatic heterocycles. The van der Waals surface area contributed by atoms with Crippen LogP contribution in [-0.4, -0.2) is 54.5 Å². The van der Waals surface area contributed by atoms with Crippen molar-refractivity contribution in [2.75, 3.05) is 38.0 Å². The largest absolute Gasteiger partial charge is 0.338 e. The lowest BCUT2D eigenvalue weighted by Gasteiger charge is -2.28. The number of amides is 3. The number of piperazine rings is 1. The maximum atomic E-state index is 13.1. The van der Waals surface area contributed by atoms with E-state index < -0.39 is 0 Å². The molecule has 7 nitrogen and oxygen atoms in total. The monoisotopic (exact) mass is 389 g/mol. The number of anilines is 1. The van der Waals surface area contributed by atoms with Crippen LogP contribution in [-0.2, 0) is 6.42 Å². The Balaban J connectivity index is 2.24. The van der Waals surface area contributed by atoms with E-state index in [0.29, 0.717) is 43.4 Å². The van der Waals surface area contributed by atoms with Crippen LogP contribution in [0.4, 0.5) is 10.6 Å². The van der Waals surface area contributed by atoms with Crippen molar-refractivity contribution in [2.24, 2.45) is 5.92 Å². The van der Waals surface area contributed by atoms with Crippen molar-refractivity contribution < 1.29 is 9.59 Å². The van der Waals surface area contributed by atoms with Crippen LogP contribution in [0.5, 0.6) is 0 Å². The summed E-state index contributed by atoms with van der Waals surface area (Å²) >= 11 is 0. The Morgan fingerprint density at radius 3 is 2.46 bits per heavy atom. The van der Waals surface area contributed by atoms with E-state index in [1.54, 1.807) is 0 Å². The van der Waals surface area contributed by atoms with E-state index in [1.807, 2.05) is 31.7 Å². The zero-order valence-electron chi connectivity index (χ0n) is 17.9. The van der Waals surface area contributed by atoms with Gasteiger partial charge in [-0.3, -0.25) is 10.1 Å². The quantitative estimate of drug-likeness (QED) is 0.669. The lowest BCUT2D eigenvalue weighted by atomic mass is 9.99. The van der Waals surface area contributed by atoms with Gasteiger partial charge in [0.25, 0.3) is 5.91 Å². The van der Waals surface area contributed by atoms with Crippen LogP contribution in [0.3, 0.4) is 0 Å². The van der Waals surface area contributed by atoms with Crippen LogP contribution < -0.4 is 16.0 Å². The number of nitrogens with one attached hydrogen (secondary N) is 3. The second-order valence-electron chi connectivity index (χ2n) is 8.03. The number of aromatic nitrogens is 1. The number of pyridine rings is 1. The van der Waals surface area contributed by atoms with Crippen LogP contribution in [0, 0.1) is 5.92 Å². The average Bonchev–Trinajstić information content (AvgIpc) is 2.67. The first kappa shape index (κ1) is 22.1. The van der Waals surface area contributed by atoms with Crippen molar-refractivity contribution in [3.8, 4) is 0 Å². The zero-order valence-corrected chi connectivity index (χ0v) is 17.9. The number of urea groups is 1. The Bertz CT molecular complexity index is 682. The molecule has 0 aliphatic carbocycles. The highest BCUT2D eigenvalue weighted by Crippen LogP contribution is 2.26. The minimum absolute atomic E-state index is 0.0284. The van der Waals surface area contributed by atoms with Crippen LogP contribution in [0.15, 0.2) is 6.07 Å². The molecule has 156 valence electrons. The molecule has 3 amide bonds. The highest BCUT2D eigenvalue weighted by molar-refractivity contribution is 5.97. The molecule has 0 saturated carbocycles. The molecule has 0 unspecified atom stereocenters. The summed E-state index contributed by atoms with van der Waals surface area (Å²) in [5.74, 6) is 1.25. The van der Waals surface area contributed by atoms with Crippen LogP contribution in [0.25, 0.3) is 0 Å². The summed E-state index contributed by atoms with van der Waals surface area (Å²) in [6, 6.07) is 1.67. The van der Waals surface area contributed by atoms with E-state index in [1.165, 1.54) is 0 Å². The Hall–Kier alpha value is -2.15. The molecule has 2 rings (SSSR count). The molecule has 0 spiro atoms. The smallest absolute Gasteiger partial charge is 0.320 e. The molecule has 1 fully saturated rings. The van der Waals surface area contributed by atoms with Crippen molar-refractivity contribution in [1.29, 1.82) is 0 Å². The molecule has 0 bridgehead atoms. The molecule has 1 aliphatic rings. The van der Waals surface area contributed by atoms with Gasteiger partial charge in [0.1, 0.15) is 5.82 Å². The van der Waals surface area contributed by atoms with Crippen molar-refractivity contribution in [3.05, 3.63) is 22.9 Å². The Morgan fingerprint density at radius 2 is 1.89 bits per heavy atom. The van der Waals surface area contributed by atoms with E-state index in [4.69, 9.17) is 0 Å². The standard InChI is InChI=1S/C21H35N5O2/c1-6-18-17(20(27)26-11-9-22-10-12-26)13-16(15(4)5)19(24-18)25-21(28)23-8-7-14(2)3/h13-15,22H,6-12H2,1-5H3,(H2,23,24,25,28). The fraction of sp³-hybridized carbons (Fsp3) is 0.667. The summed E-state index contributed by atoms with van der Waals surface area (Å²) in [6.07, 6.45) is 1.56. The lowest BCUT2D eigenvalue weighted by Crippen LogP contribution is -2.46. The van der Waals surface area contributed by atoms with Crippen LogP contribution in [0.2, 0.25) is 0 Å². The maximum absolute atomic E-state index is 13.1. The summed E-state index contributed by atoms with van der Waals surface area (Å²) in [4.78, 5) is 31.9. The molecular formula is C21H35N5O2. The minimum atomic E-state index is -0.252. The molecule has 1 aromatic heterocycles. The van der Waals surface area contributed by atoms with Gasteiger partial charge in [0.2, 0.25) is 0 Å². The Morgan fingerprint density at radius 1 is 1.21 bits per heavy atom. The van der Waals surface area contributed by atoms with Crippen molar-refractivity contribution in [3.63, 3.8) is 0 Å². The first-order chi connectivity index (χ1) is 13.3. The third-order valence-corrected chi connectivity index (χ3v) is 4.96. The first-order valence-corrected chi connectivity index (χ1v) is 10.4. The zero-order chi connectivity index (χ0) is 20.7. The van der Waals surface area contributed by atoms with Gasteiger partial charge in [-0.1, -0.05) is 34.6 Å². The molecular weight excluding hydrogens is 354 g/mol. The number of hydrogen-bond donors (Lipinski definition) is 3. The molecule has 2 heterocycles. The third kappa shape index (κ3) is 5.92. The average molecular weight is 390 g/mol. The van der Waals surface area contributed by atoms with Gasteiger partial charge in [-0.05, 0) is 36.3 Å². The number of hydrogen-bond acceptors (Lipinski definition) is 4.